The van der Waals surface area contributed by atoms with Gasteiger partial charge in [0.2, 0.25) is 0 Å². The molecule has 0 fully saturated rings. The maximum Gasteiger partial charge on any atom is 0.187 e. The van der Waals surface area contributed by atoms with Crippen LogP contribution in [0.1, 0.15) is 18.1 Å². The van der Waals surface area contributed by atoms with Gasteiger partial charge in [0.1, 0.15) is 5.82 Å². The first kappa shape index (κ1) is 17.7. The average Bonchev–Trinajstić information content (AvgIpc) is 2.57. The van der Waals surface area contributed by atoms with Gasteiger partial charge in [-0.3, -0.25) is 5.43 Å². The van der Waals surface area contributed by atoms with Gasteiger partial charge in [0.15, 0.2) is 16.6 Å². The van der Waals surface area contributed by atoms with E-state index in [1.807, 2.05) is 6.92 Å². The van der Waals surface area contributed by atoms with Gasteiger partial charge >= 0.3 is 0 Å². The monoisotopic (exact) mass is 347 g/mol. The van der Waals surface area contributed by atoms with E-state index in [2.05, 4.69) is 15.8 Å². The quantitative estimate of drug-likeness (QED) is 0.426. The Labute approximate surface area is 145 Å². The molecule has 0 bridgehead atoms. The summed E-state index contributed by atoms with van der Waals surface area (Å²) in [4.78, 5) is 0. The predicted molar refractivity (Wildman–Crippen MR) is 95.8 cm³/mol. The molecule has 0 spiro atoms. The van der Waals surface area contributed by atoms with Crippen molar-refractivity contribution in [2.24, 2.45) is 5.10 Å². The first-order valence-corrected chi connectivity index (χ1v) is 7.76. The van der Waals surface area contributed by atoms with Crippen LogP contribution in [-0.4, -0.2) is 23.0 Å². The highest BCUT2D eigenvalue weighted by molar-refractivity contribution is 7.80. The maximum atomic E-state index is 12.8. The fraction of sp³-hybridized carbons (Fsp3) is 0.176. The minimum absolute atomic E-state index is 0.0819. The van der Waals surface area contributed by atoms with Crippen molar-refractivity contribution >= 4 is 23.5 Å². The fourth-order valence-electron chi connectivity index (χ4n) is 1.87. The van der Waals surface area contributed by atoms with E-state index in [4.69, 9.17) is 17.0 Å². The second kappa shape index (κ2) is 8.83. The molecule has 5 nitrogen and oxygen atoms in total. The summed E-state index contributed by atoms with van der Waals surface area (Å²) in [5, 5.41) is 17.0. The lowest BCUT2D eigenvalue weighted by Crippen LogP contribution is -2.31. The minimum atomic E-state index is -0.274. The molecule has 0 saturated carbocycles. The van der Waals surface area contributed by atoms with E-state index < -0.39 is 0 Å². The molecule has 0 aromatic heterocycles. The summed E-state index contributed by atoms with van der Waals surface area (Å²) < 4.78 is 18.1. The van der Waals surface area contributed by atoms with Gasteiger partial charge in [-0.25, -0.2) is 4.39 Å². The summed E-state index contributed by atoms with van der Waals surface area (Å²) in [6, 6.07) is 11.1. The summed E-state index contributed by atoms with van der Waals surface area (Å²) in [5.41, 5.74) is 4.35. The van der Waals surface area contributed by atoms with Crippen LogP contribution in [0.4, 0.5) is 4.39 Å². The standard InChI is InChI=1S/C17H18FN3O2S/c1-2-23-16-9-13(5-8-15(16)22)11-20-21-17(24)19-10-12-3-6-14(18)7-4-12/h3-9,11,22H,2,10H2,1H3,(H2,19,21,24)/b20-11+. The van der Waals surface area contributed by atoms with Crippen LogP contribution in [0.3, 0.4) is 0 Å². The Kier molecular flexibility index (Phi) is 6.51. The van der Waals surface area contributed by atoms with Crippen LogP contribution >= 0.6 is 12.2 Å². The van der Waals surface area contributed by atoms with Crippen LogP contribution < -0.4 is 15.5 Å². The highest BCUT2D eigenvalue weighted by Gasteiger charge is 2.02. The first-order valence-electron chi connectivity index (χ1n) is 7.35. The Bertz CT molecular complexity index is 720. The van der Waals surface area contributed by atoms with E-state index in [9.17, 15) is 9.50 Å². The largest absolute Gasteiger partial charge is 0.504 e. The van der Waals surface area contributed by atoms with Crippen molar-refractivity contribution in [3.05, 3.63) is 59.4 Å². The van der Waals surface area contributed by atoms with Crippen LogP contribution in [0.15, 0.2) is 47.6 Å². The van der Waals surface area contributed by atoms with Crippen molar-refractivity contribution in [2.45, 2.75) is 13.5 Å². The normalized spacial score (nSPS) is 10.6. The van der Waals surface area contributed by atoms with Gasteiger partial charge in [-0.05, 0) is 60.6 Å². The van der Waals surface area contributed by atoms with Gasteiger partial charge in [-0.2, -0.15) is 5.10 Å². The molecule has 2 aromatic rings. The van der Waals surface area contributed by atoms with Gasteiger partial charge in [0.25, 0.3) is 0 Å². The number of ether oxygens (including phenoxy) is 1. The summed E-state index contributed by atoms with van der Waals surface area (Å²) in [6.45, 7) is 2.77. The van der Waals surface area contributed by atoms with Crippen molar-refractivity contribution in [1.29, 1.82) is 0 Å². The summed E-state index contributed by atoms with van der Waals surface area (Å²) >= 11 is 5.11. The number of nitrogens with zero attached hydrogens (tertiary/aromatic N) is 1. The van der Waals surface area contributed by atoms with Crippen LogP contribution in [0.5, 0.6) is 11.5 Å². The van der Waals surface area contributed by atoms with Crippen LogP contribution in [0.2, 0.25) is 0 Å². The zero-order chi connectivity index (χ0) is 17.4. The number of rotatable bonds is 6. The second-order valence-electron chi connectivity index (χ2n) is 4.84. The third-order valence-corrected chi connectivity index (χ3v) is 3.27. The van der Waals surface area contributed by atoms with Crippen LogP contribution in [-0.2, 0) is 6.54 Å². The highest BCUT2D eigenvalue weighted by Crippen LogP contribution is 2.26. The number of hydrazone groups is 1. The van der Waals surface area contributed by atoms with E-state index in [0.717, 1.165) is 11.1 Å². The third-order valence-electron chi connectivity index (χ3n) is 3.03. The summed E-state index contributed by atoms with van der Waals surface area (Å²) in [5.74, 6) is 0.210. The number of aromatic hydroxyl groups is 1. The molecule has 0 aliphatic rings. The molecule has 0 atom stereocenters. The fourth-order valence-corrected chi connectivity index (χ4v) is 2.00. The van der Waals surface area contributed by atoms with E-state index >= 15 is 0 Å². The molecule has 2 rings (SSSR count). The van der Waals surface area contributed by atoms with Crippen molar-refractivity contribution in [3.8, 4) is 11.5 Å². The molecule has 0 aliphatic carbocycles. The number of benzene rings is 2. The van der Waals surface area contributed by atoms with Gasteiger partial charge in [0, 0.05) is 6.54 Å². The lowest BCUT2D eigenvalue weighted by Gasteiger charge is -2.07. The average molecular weight is 347 g/mol. The van der Waals surface area contributed by atoms with Gasteiger partial charge in [-0.1, -0.05) is 12.1 Å². The van der Waals surface area contributed by atoms with Crippen LogP contribution in [0.25, 0.3) is 0 Å². The summed E-state index contributed by atoms with van der Waals surface area (Å²) in [7, 11) is 0. The molecule has 24 heavy (non-hydrogen) atoms. The number of thiocarbonyl (C=S) groups is 1. The number of phenols is 1. The minimum Gasteiger partial charge on any atom is -0.504 e. The molecule has 0 amide bonds. The highest BCUT2D eigenvalue weighted by atomic mass is 32.1. The zero-order valence-electron chi connectivity index (χ0n) is 13.1. The van der Waals surface area contributed by atoms with E-state index in [1.165, 1.54) is 18.2 Å². The smallest absolute Gasteiger partial charge is 0.187 e. The predicted octanol–water partition coefficient (Wildman–Crippen LogP) is 2.93. The van der Waals surface area contributed by atoms with E-state index in [-0.39, 0.29) is 11.6 Å². The molecule has 0 saturated heterocycles. The number of phenolic OH excluding ortho intramolecular Hbond substituents is 1. The lowest BCUT2D eigenvalue weighted by molar-refractivity contribution is 0.318. The number of hydrogen-bond donors (Lipinski definition) is 3. The molecule has 126 valence electrons. The molecular formula is C17H18FN3O2S. The Balaban J connectivity index is 1.83. The molecule has 7 heteroatoms. The molecule has 0 unspecified atom stereocenters. The molecule has 2 aromatic carbocycles. The SMILES string of the molecule is CCOc1cc(/C=N/NC(=S)NCc2ccc(F)cc2)ccc1O. The third kappa shape index (κ3) is 5.51. The van der Waals surface area contributed by atoms with Crippen molar-refractivity contribution < 1.29 is 14.2 Å². The van der Waals surface area contributed by atoms with Gasteiger partial charge in [0.05, 0.1) is 12.8 Å². The lowest BCUT2D eigenvalue weighted by atomic mass is 10.2. The van der Waals surface area contributed by atoms with Crippen molar-refractivity contribution in [2.75, 3.05) is 6.61 Å². The maximum absolute atomic E-state index is 12.8. The van der Waals surface area contributed by atoms with Gasteiger partial charge in [-0.15, -0.1) is 0 Å². The molecule has 3 N–H and O–H groups in total. The van der Waals surface area contributed by atoms with Crippen molar-refractivity contribution in [1.82, 2.24) is 10.7 Å². The Hall–Kier alpha value is -2.67. The van der Waals surface area contributed by atoms with E-state index in [1.54, 1.807) is 30.5 Å². The Morgan fingerprint density at radius 1 is 1.29 bits per heavy atom. The second-order valence-corrected chi connectivity index (χ2v) is 5.25. The number of nitrogens with one attached hydrogen (secondary N) is 2. The number of hydrogen-bond acceptors (Lipinski definition) is 4. The van der Waals surface area contributed by atoms with Crippen LogP contribution in [0, 0.1) is 5.82 Å². The Morgan fingerprint density at radius 3 is 2.75 bits per heavy atom. The zero-order valence-corrected chi connectivity index (χ0v) is 13.9. The Morgan fingerprint density at radius 2 is 2.04 bits per heavy atom. The molecule has 0 aliphatic heterocycles. The van der Waals surface area contributed by atoms with Gasteiger partial charge < -0.3 is 15.2 Å². The molecule has 0 radical (unpaired) electrons. The first-order chi connectivity index (χ1) is 11.6. The number of halogens is 1. The molecular weight excluding hydrogens is 329 g/mol. The molecule has 0 heterocycles. The van der Waals surface area contributed by atoms with Crippen molar-refractivity contribution in [3.63, 3.8) is 0 Å². The van der Waals surface area contributed by atoms with E-state index in [0.29, 0.717) is 24.0 Å². The topological polar surface area (TPSA) is 65.9 Å². The summed E-state index contributed by atoms with van der Waals surface area (Å²) in [6.07, 6.45) is 1.56.